The summed E-state index contributed by atoms with van der Waals surface area (Å²) in [6.45, 7) is 0. The Bertz CT molecular complexity index is 736. The number of hydrogen-bond donors (Lipinski definition) is 1. The van der Waals surface area contributed by atoms with Crippen LogP contribution in [0.2, 0.25) is 5.02 Å². The molecule has 1 aromatic carbocycles. The van der Waals surface area contributed by atoms with Gasteiger partial charge in [-0.1, -0.05) is 11.6 Å². The van der Waals surface area contributed by atoms with Crippen LogP contribution in [0.4, 0.5) is 0 Å². The van der Waals surface area contributed by atoms with Crippen molar-refractivity contribution in [3.05, 3.63) is 41.7 Å². The highest BCUT2D eigenvalue weighted by molar-refractivity contribution is 6.32. The van der Waals surface area contributed by atoms with Gasteiger partial charge in [-0.2, -0.15) is 0 Å². The number of imidazole rings is 1. The molecule has 0 aliphatic carbocycles. The molecule has 5 heteroatoms. The van der Waals surface area contributed by atoms with Crippen molar-refractivity contribution in [3.8, 4) is 17.1 Å². The van der Waals surface area contributed by atoms with E-state index in [1.54, 1.807) is 30.6 Å². The third kappa shape index (κ3) is 1.62. The van der Waals surface area contributed by atoms with Crippen LogP contribution in [0, 0.1) is 0 Å². The molecule has 0 saturated carbocycles. The Labute approximate surface area is 108 Å². The van der Waals surface area contributed by atoms with Gasteiger partial charge in [0, 0.05) is 18.8 Å². The van der Waals surface area contributed by atoms with E-state index in [1.807, 2.05) is 17.7 Å². The molecule has 0 aliphatic rings. The number of hydrogen-bond acceptors (Lipinski definition) is 3. The third-order valence-electron chi connectivity index (χ3n) is 2.89. The first-order valence-corrected chi connectivity index (χ1v) is 5.80. The monoisotopic (exact) mass is 259 g/mol. The molecule has 18 heavy (non-hydrogen) atoms. The van der Waals surface area contributed by atoms with E-state index in [0.717, 1.165) is 22.4 Å². The number of aromatic nitrogens is 3. The fourth-order valence-electron chi connectivity index (χ4n) is 1.96. The second-order valence-corrected chi connectivity index (χ2v) is 4.43. The van der Waals surface area contributed by atoms with E-state index in [1.165, 1.54) is 0 Å². The smallest absolute Gasteiger partial charge is 0.140 e. The average Bonchev–Trinajstić information content (AvgIpc) is 2.71. The van der Waals surface area contributed by atoms with Crippen molar-refractivity contribution >= 4 is 22.6 Å². The van der Waals surface area contributed by atoms with Gasteiger partial charge in [-0.15, -0.1) is 0 Å². The molecule has 0 amide bonds. The molecule has 2 aromatic heterocycles. The SMILES string of the molecule is Cn1c(-c2ccc(O)c(Cl)c2)nc2cnccc21. The lowest BCUT2D eigenvalue weighted by atomic mass is 10.2. The zero-order valence-corrected chi connectivity index (χ0v) is 10.4. The molecule has 4 nitrogen and oxygen atoms in total. The number of aromatic hydroxyl groups is 1. The molecule has 0 radical (unpaired) electrons. The number of rotatable bonds is 1. The Balaban J connectivity index is 2.25. The minimum atomic E-state index is 0.0702. The van der Waals surface area contributed by atoms with Crippen LogP contribution >= 0.6 is 11.6 Å². The first-order chi connectivity index (χ1) is 8.66. The maximum Gasteiger partial charge on any atom is 0.140 e. The second kappa shape index (κ2) is 3.99. The van der Waals surface area contributed by atoms with Crippen LogP contribution in [0.3, 0.4) is 0 Å². The Morgan fingerprint density at radius 3 is 2.83 bits per heavy atom. The molecule has 3 rings (SSSR count). The van der Waals surface area contributed by atoms with Gasteiger partial charge in [0.05, 0.1) is 16.7 Å². The van der Waals surface area contributed by atoms with Gasteiger partial charge in [0.25, 0.3) is 0 Å². The molecule has 1 N–H and O–H groups in total. The van der Waals surface area contributed by atoms with Gasteiger partial charge in [0.15, 0.2) is 0 Å². The molecule has 3 aromatic rings. The van der Waals surface area contributed by atoms with Crippen LogP contribution in [0.1, 0.15) is 0 Å². The van der Waals surface area contributed by atoms with Crippen molar-refractivity contribution in [2.45, 2.75) is 0 Å². The van der Waals surface area contributed by atoms with E-state index in [2.05, 4.69) is 9.97 Å². The van der Waals surface area contributed by atoms with Gasteiger partial charge in [0.2, 0.25) is 0 Å². The molecule has 0 fully saturated rings. The predicted octanol–water partition coefficient (Wildman–Crippen LogP) is 2.99. The van der Waals surface area contributed by atoms with Crippen LogP contribution in [0.15, 0.2) is 36.7 Å². The summed E-state index contributed by atoms with van der Waals surface area (Å²) in [5, 5.41) is 9.75. The van der Waals surface area contributed by atoms with E-state index in [4.69, 9.17) is 11.6 Å². The van der Waals surface area contributed by atoms with Gasteiger partial charge in [0.1, 0.15) is 17.1 Å². The molecule has 0 spiro atoms. The number of pyridine rings is 1. The first-order valence-electron chi connectivity index (χ1n) is 5.42. The minimum Gasteiger partial charge on any atom is -0.506 e. The topological polar surface area (TPSA) is 50.9 Å². The maximum atomic E-state index is 9.43. The van der Waals surface area contributed by atoms with Crippen LogP contribution in [0.5, 0.6) is 5.75 Å². The van der Waals surface area contributed by atoms with Gasteiger partial charge in [-0.05, 0) is 24.3 Å². The van der Waals surface area contributed by atoms with Crippen molar-refractivity contribution in [2.75, 3.05) is 0 Å². The number of benzene rings is 1. The number of halogens is 1. The Hall–Kier alpha value is -2.07. The summed E-state index contributed by atoms with van der Waals surface area (Å²) in [5.74, 6) is 0.862. The van der Waals surface area contributed by atoms with E-state index in [9.17, 15) is 5.11 Å². The number of fused-ring (bicyclic) bond motifs is 1. The molecular formula is C13H10ClN3O. The molecule has 0 unspecified atom stereocenters. The number of aryl methyl sites for hydroxylation is 1. The van der Waals surface area contributed by atoms with E-state index < -0.39 is 0 Å². The largest absolute Gasteiger partial charge is 0.506 e. The maximum absolute atomic E-state index is 9.43. The van der Waals surface area contributed by atoms with Crippen molar-refractivity contribution < 1.29 is 5.11 Å². The molecule has 0 saturated heterocycles. The number of nitrogens with zero attached hydrogens (tertiary/aromatic N) is 3. The summed E-state index contributed by atoms with van der Waals surface area (Å²) in [5.41, 5.74) is 2.69. The number of phenolic OH excluding ortho intramolecular Hbond substituents is 1. The van der Waals surface area contributed by atoms with E-state index >= 15 is 0 Å². The molecule has 90 valence electrons. The summed E-state index contributed by atoms with van der Waals surface area (Å²) in [6.07, 6.45) is 3.46. The third-order valence-corrected chi connectivity index (χ3v) is 3.19. The summed E-state index contributed by atoms with van der Waals surface area (Å²) in [4.78, 5) is 8.56. The van der Waals surface area contributed by atoms with Gasteiger partial charge < -0.3 is 9.67 Å². The normalized spacial score (nSPS) is 11.0. The van der Waals surface area contributed by atoms with E-state index in [0.29, 0.717) is 5.02 Å². The van der Waals surface area contributed by atoms with Crippen LogP contribution < -0.4 is 0 Å². The predicted molar refractivity (Wildman–Crippen MR) is 70.6 cm³/mol. The van der Waals surface area contributed by atoms with Crippen molar-refractivity contribution in [1.29, 1.82) is 0 Å². The lowest BCUT2D eigenvalue weighted by Gasteiger charge is -2.04. The highest BCUT2D eigenvalue weighted by Gasteiger charge is 2.10. The second-order valence-electron chi connectivity index (χ2n) is 4.03. The summed E-state index contributed by atoms with van der Waals surface area (Å²) in [7, 11) is 1.94. The Morgan fingerprint density at radius 2 is 2.11 bits per heavy atom. The number of phenols is 1. The van der Waals surface area contributed by atoms with Crippen LogP contribution in [-0.4, -0.2) is 19.6 Å². The van der Waals surface area contributed by atoms with Crippen LogP contribution in [-0.2, 0) is 7.05 Å². The summed E-state index contributed by atoms with van der Waals surface area (Å²) < 4.78 is 1.97. The van der Waals surface area contributed by atoms with E-state index in [-0.39, 0.29) is 5.75 Å². The van der Waals surface area contributed by atoms with Gasteiger partial charge >= 0.3 is 0 Å². The van der Waals surface area contributed by atoms with Crippen LogP contribution in [0.25, 0.3) is 22.4 Å². The fraction of sp³-hybridized carbons (Fsp3) is 0.0769. The van der Waals surface area contributed by atoms with Gasteiger partial charge in [-0.25, -0.2) is 4.98 Å². The fourth-order valence-corrected chi connectivity index (χ4v) is 2.14. The lowest BCUT2D eigenvalue weighted by Crippen LogP contribution is -1.92. The Morgan fingerprint density at radius 1 is 1.28 bits per heavy atom. The molecule has 0 bridgehead atoms. The molecule has 0 aliphatic heterocycles. The van der Waals surface area contributed by atoms with Gasteiger partial charge in [-0.3, -0.25) is 4.98 Å². The molecule has 2 heterocycles. The van der Waals surface area contributed by atoms with Crippen molar-refractivity contribution in [2.24, 2.45) is 7.05 Å². The lowest BCUT2D eigenvalue weighted by molar-refractivity contribution is 0.475. The first kappa shape index (κ1) is 11.0. The molecule has 0 atom stereocenters. The quantitative estimate of drug-likeness (QED) is 0.731. The zero-order chi connectivity index (χ0) is 12.7. The average molecular weight is 260 g/mol. The highest BCUT2D eigenvalue weighted by atomic mass is 35.5. The summed E-state index contributed by atoms with van der Waals surface area (Å²) in [6, 6.07) is 6.96. The van der Waals surface area contributed by atoms with Crippen molar-refractivity contribution in [3.63, 3.8) is 0 Å². The minimum absolute atomic E-state index is 0.0702. The summed E-state index contributed by atoms with van der Waals surface area (Å²) >= 11 is 5.92. The van der Waals surface area contributed by atoms with Crippen molar-refractivity contribution in [1.82, 2.24) is 14.5 Å². The molecular weight excluding hydrogens is 250 g/mol. The Kier molecular flexibility index (Phi) is 2.45. The standard InChI is InChI=1S/C13H10ClN3O/c1-17-11-4-5-15-7-10(11)16-13(17)8-2-3-12(18)9(14)6-8/h2-7,18H,1H3. The highest BCUT2D eigenvalue weighted by Crippen LogP contribution is 2.30. The zero-order valence-electron chi connectivity index (χ0n) is 9.63.